The average Bonchev–Trinajstić information content (AvgIpc) is 2.50. The number of halogens is 1. The van der Waals surface area contributed by atoms with E-state index < -0.39 is 0 Å². The van der Waals surface area contributed by atoms with Crippen molar-refractivity contribution in [2.24, 2.45) is 0 Å². The molecule has 1 aromatic heterocycles. The summed E-state index contributed by atoms with van der Waals surface area (Å²) in [5.74, 6) is 0.527. The van der Waals surface area contributed by atoms with E-state index in [-0.39, 0.29) is 0 Å². The van der Waals surface area contributed by atoms with Crippen LogP contribution in [0.5, 0.6) is 0 Å². The van der Waals surface area contributed by atoms with Crippen molar-refractivity contribution < 1.29 is 0 Å². The Morgan fingerprint density at radius 3 is 2.67 bits per heavy atom. The second-order valence-corrected chi connectivity index (χ2v) is 5.11. The van der Waals surface area contributed by atoms with Crippen LogP contribution in [0.2, 0.25) is 0 Å². The molecule has 0 bridgehead atoms. The minimum absolute atomic E-state index is 0.376. The average molecular weight is 249 g/mol. The van der Waals surface area contributed by atoms with Gasteiger partial charge >= 0.3 is 0 Å². The maximum Gasteiger partial charge on any atom is 0.0826 e. The SMILES string of the molecule is CCC(C)c1nnsc1C(C)Br. The number of rotatable bonds is 3. The Kier molecular flexibility index (Phi) is 3.65. The fraction of sp³-hybridized carbons (Fsp3) is 0.750. The minimum atomic E-state index is 0.376. The lowest BCUT2D eigenvalue weighted by molar-refractivity contribution is 0.695. The van der Waals surface area contributed by atoms with Crippen LogP contribution in [0, 0.1) is 0 Å². The van der Waals surface area contributed by atoms with Gasteiger partial charge < -0.3 is 0 Å². The molecule has 0 fully saturated rings. The van der Waals surface area contributed by atoms with E-state index in [9.17, 15) is 0 Å². The van der Waals surface area contributed by atoms with Crippen LogP contribution in [0.15, 0.2) is 0 Å². The zero-order chi connectivity index (χ0) is 9.14. The lowest BCUT2D eigenvalue weighted by Gasteiger charge is -2.07. The first-order valence-electron chi connectivity index (χ1n) is 4.13. The van der Waals surface area contributed by atoms with Crippen molar-refractivity contribution in [3.05, 3.63) is 10.6 Å². The van der Waals surface area contributed by atoms with Gasteiger partial charge in [-0.15, -0.1) is 5.10 Å². The Labute approximate surface area is 85.7 Å². The Balaban J connectivity index is 2.91. The van der Waals surface area contributed by atoms with Crippen molar-refractivity contribution in [2.45, 2.75) is 37.9 Å². The molecule has 0 saturated carbocycles. The predicted octanol–water partition coefficient (Wildman–Crippen LogP) is 3.51. The Hall–Kier alpha value is 0.0400. The first-order chi connectivity index (χ1) is 5.66. The number of alkyl halides is 1. The Morgan fingerprint density at radius 2 is 2.17 bits per heavy atom. The molecule has 1 rings (SSSR count). The van der Waals surface area contributed by atoms with Gasteiger partial charge in [0.1, 0.15) is 0 Å². The summed E-state index contributed by atoms with van der Waals surface area (Å²) in [5, 5.41) is 4.15. The van der Waals surface area contributed by atoms with E-state index in [0.29, 0.717) is 10.7 Å². The number of hydrogen-bond acceptors (Lipinski definition) is 3. The molecule has 0 radical (unpaired) electrons. The number of nitrogens with zero attached hydrogens (tertiary/aromatic N) is 2. The molecule has 1 heterocycles. The maximum absolute atomic E-state index is 4.15. The number of hydrogen-bond donors (Lipinski definition) is 0. The molecule has 1 aromatic rings. The van der Waals surface area contributed by atoms with Crippen LogP contribution in [0.25, 0.3) is 0 Å². The molecule has 0 saturated heterocycles. The van der Waals surface area contributed by atoms with E-state index in [0.717, 1.165) is 12.1 Å². The normalized spacial score (nSPS) is 16.0. The Morgan fingerprint density at radius 1 is 1.50 bits per heavy atom. The van der Waals surface area contributed by atoms with Crippen molar-refractivity contribution in [3.8, 4) is 0 Å². The molecule has 2 nitrogen and oxygen atoms in total. The van der Waals surface area contributed by atoms with Crippen molar-refractivity contribution in [1.82, 2.24) is 9.59 Å². The van der Waals surface area contributed by atoms with Crippen molar-refractivity contribution >= 4 is 27.5 Å². The van der Waals surface area contributed by atoms with E-state index in [2.05, 4.69) is 46.3 Å². The first kappa shape index (κ1) is 10.1. The van der Waals surface area contributed by atoms with Gasteiger partial charge in [-0.25, -0.2) is 0 Å². The summed E-state index contributed by atoms with van der Waals surface area (Å²) in [7, 11) is 0. The van der Waals surface area contributed by atoms with E-state index in [4.69, 9.17) is 0 Å². The van der Waals surface area contributed by atoms with E-state index >= 15 is 0 Å². The summed E-state index contributed by atoms with van der Waals surface area (Å²) in [6.07, 6.45) is 1.12. The highest BCUT2D eigenvalue weighted by Crippen LogP contribution is 2.32. The van der Waals surface area contributed by atoms with Gasteiger partial charge in [-0.3, -0.25) is 0 Å². The third-order valence-corrected chi connectivity index (χ3v) is 3.66. The highest BCUT2D eigenvalue weighted by molar-refractivity contribution is 9.09. The molecule has 0 spiro atoms. The molecule has 2 atom stereocenters. The highest BCUT2D eigenvalue weighted by Gasteiger charge is 2.16. The molecule has 68 valence electrons. The summed E-state index contributed by atoms with van der Waals surface area (Å²) < 4.78 is 3.97. The molecular formula is C8H13BrN2S. The van der Waals surface area contributed by atoms with E-state index in [1.54, 1.807) is 0 Å². The van der Waals surface area contributed by atoms with Crippen LogP contribution in [-0.4, -0.2) is 9.59 Å². The summed E-state index contributed by atoms with van der Waals surface area (Å²) in [5.41, 5.74) is 1.16. The standard InChI is InChI=1S/C8H13BrN2S/c1-4-5(2)7-8(6(3)9)12-11-10-7/h5-6H,4H2,1-3H3. The molecule has 0 amide bonds. The summed E-state index contributed by atoms with van der Waals surface area (Å²) in [4.78, 5) is 1.64. The third-order valence-electron chi connectivity index (χ3n) is 1.98. The van der Waals surface area contributed by atoms with Crippen LogP contribution in [0.3, 0.4) is 0 Å². The number of aromatic nitrogens is 2. The lowest BCUT2D eigenvalue weighted by atomic mass is 10.0. The molecule has 0 aromatic carbocycles. The molecule has 12 heavy (non-hydrogen) atoms. The second kappa shape index (κ2) is 4.33. The zero-order valence-corrected chi connectivity index (χ0v) is 9.94. The quantitative estimate of drug-likeness (QED) is 0.766. The van der Waals surface area contributed by atoms with Gasteiger partial charge in [0.15, 0.2) is 0 Å². The maximum atomic E-state index is 4.15. The largest absolute Gasteiger partial charge is 0.143 e. The summed E-state index contributed by atoms with van der Waals surface area (Å²) in [6.45, 7) is 6.48. The Bertz CT molecular complexity index is 247. The van der Waals surface area contributed by atoms with Crippen molar-refractivity contribution in [1.29, 1.82) is 0 Å². The van der Waals surface area contributed by atoms with Crippen LogP contribution < -0.4 is 0 Å². The summed E-state index contributed by atoms with van der Waals surface area (Å²) in [6, 6.07) is 0. The van der Waals surface area contributed by atoms with Gasteiger partial charge in [0.05, 0.1) is 10.6 Å². The van der Waals surface area contributed by atoms with Crippen LogP contribution in [0.1, 0.15) is 48.5 Å². The topological polar surface area (TPSA) is 25.8 Å². The smallest absolute Gasteiger partial charge is 0.0826 e. The van der Waals surface area contributed by atoms with Crippen molar-refractivity contribution in [3.63, 3.8) is 0 Å². The van der Waals surface area contributed by atoms with Gasteiger partial charge in [-0.2, -0.15) is 0 Å². The molecule has 0 aliphatic rings. The molecule has 4 heteroatoms. The second-order valence-electron chi connectivity index (χ2n) is 2.95. The lowest BCUT2D eigenvalue weighted by Crippen LogP contribution is -1.96. The fourth-order valence-electron chi connectivity index (χ4n) is 1.02. The van der Waals surface area contributed by atoms with Gasteiger partial charge in [-0.1, -0.05) is 34.3 Å². The minimum Gasteiger partial charge on any atom is -0.143 e. The van der Waals surface area contributed by atoms with E-state index in [1.165, 1.54) is 16.4 Å². The van der Waals surface area contributed by atoms with E-state index in [1.807, 2.05) is 0 Å². The fourth-order valence-corrected chi connectivity index (χ4v) is 2.20. The predicted molar refractivity (Wildman–Crippen MR) is 56.0 cm³/mol. The van der Waals surface area contributed by atoms with Crippen LogP contribution >= 0.6 is 27.5 Å². The van der Waals surface area contributed by atoms with Crippen LogP contribution in [-0.2, 0) is 0 Å². The highest BCUT2D eigenvalue weighted by atomic mass is 79.9. The monoisotopic (exact) mass is 248 g/mol. The third kappa shape index (κ3) is 2.04. The van der Waals surface area contributed by atoms with Crippen molar-refractivity contribution in [2.75, 3.05) is 0 Å². The molecule has 0 N–H and O–H groups in total. The van der Waals surface area contributed by atoms with Gasteiger partial charge in [0, 0.05) is 10.7 Å². The van der Waals surface area contributed by atoms with Gasteiger partial charge in [-0.05, 0) is 24.9 Å². The van der Waals surface area contributed by atoms with Gasteiger partial charge in [0.25, 0.3) is 0 Å². The molecular weight excluding hydrogens is 236 g/mol. The molecule has 0 aliphatic heterocycles. The molecule has 0 aliphatic carbocycles. The van der Waals surface area contributed by atoms with Crippen LogP contribution in [0.4, 0.5) is 0 Å². The zero-order valence-electron chi connectivity index (χ0n) is 7.54. The summed E-state index contributed by atoms with van der Waals surface area (Å²) >= 11 is 5.03. The first-order valence-corrected chi connectivity index (χ1v) is 5.82. The molecule has 2 unspecified atom stereocenters. The van der Waals surface area contributed by atoms with Gasteiger partial charge in [0.2, 0.25) is 0 Å².